The van der Waals surface area contributed by atoms with Crippen LogP contribution in [-0.4, -0.2) is 26.3 Å². The maximum absolute atomic E-state index is 11.4. The summed E-state index contributed by atoms with van der Waals surface area (Å²) < 4.78 is 4.88. The molecule has 0 aliphatic rings. The van der Waals surface area contributed by atoms with Gasteiger partial charge in [-0.15, -0.1) is 0 Å². The number of carbonyl (C=O) groups is 1. The highest BCUT2D eigenvalue weighted by Gasteiger charge is 2.03. The SMILES string of the molecule is COCCCNC(=O)NCc1ccc(Cl)cc1Cl. The van der Waals surface area contributed by atoms with Crippen LogP contribution in [0.3, 0.4) is 0 Å². The Morgan fingerprint density at radius 2 is 2.11 bits per heavy atom. The fourth-order valence-corrected chi connectivity index (χ4v) is 1.80. The van der Waals surface area contributed by atoms with E-state index in [2.05, 4.69) is 10.6 Å². The monoisotopic (exact) mass is 290 g/mol. The fraction of sp³-hybridized carbons (Fsp3) is 0.417. The molecule has 1 aromatic carbocycles. The summed E-state index contributed by atoms with van der Waals surface area (Å²) in [7, 11) is 1.63. The first-order valence-electron chi connectivity index (χ1n) is 5.58. The smallest absolute Gasteiger partial charge is 0.315 e. The molecule has 0 atom stereocenters. The summed E-state index contributed by atoms with van der Waals surface area (Å²) in [6.45, 7) is 1.57. The van der Waals surface area contributed by atoms with Crippen molar-refractivity contribution in [2.24, 2.45) is 0 Å². The van der Waals surface area contributed by atoms with E-state index in [1.807, 2.05) is 0 Å². The van der Waals surface area contributed by atoms with Crippen LogP contribution < -0.4 is 10.6 Å². The maximum atomic E-state index is 11.4. The first kappa shape index (κ1) is 15.1. The number of ether oxygens (including phenoxy) is 1. The highest BCUT2D eigenvalue weighted by molar-refractivity contribution is 6.35. The summed E-state index contributed by atoms with van der Waals surface area (Å²) in [4.78, 5) is 11.4. The van der Waals surface area contributed by atoms with Gasteiger partial charge in [-0.1, -0.05) is 29.3 Å². The summed E-state index contributed by atoms with van der Waals surface area (Å²) in [6, 6.07) is 4.95. The molecule has 18 heavy (non-hydrogen) atoms. The molecule has 0 bridgehead atoms. The predicted molar refractivity (Wildman–Crippen MR) is 73.2 cm³/mol. The van der Waals surface area contributed by atoms with E-state index in [-0.39, 0.29) is 6.03 Å². The number of methoxy groups -OCH3 is 1. The van der Waals surface area contributed by atoms with Crippen LogP contribution in [0.15, 0.2) is 18.2 Å². The van der Waals surface area contributed by atoms with Crippen LogP contribution in [0.5, 0.6) is 0 Å². The predicted octanol–water partition coefficient (Wildman–Crippen LogP) is 2.83. The number of amides is 2. The topological polar surface area (TPSA) is 50.4 Å². The van der Waals surface area contributed by atoms with Gasteiger partial charge in [-0.2, -0.15) is 0 Å². The van der Waals surface area contributed by atoms with Crippen LogP contribution in [0, 0.1) is 0 Å². The third-order valence-corrected chi connectivity index (χ3v) is 2.85. The molecule has 0 saturated carbocycles. The highest BCUT2D eigenvalue weighted by atomic mass is 35.5. The molecule has 0 aliphatic heterocycles. The van der Waals surface area contributed by atoms with Crippen molar-refractivity contribution in [1.82, 2.24) is 10.6 Å². The molecule has 2 N–H and O–H groups in total. The Labute approximate surface area is 117 Å². The van der Waals surface area contributed by atoms with Gasteiger partial charge in [0.1, 0.15) is 0 Å². The van der Waals surface area contributed by atoms with Gasteiger partial charge in [-0.3, -0.25) is 0 Å². The zero-order valence-corrected chi connectivity index (χ0v) is 11.6. The normalized spacial score (nSPS) is 10.2. The van der Waals surface area contributed by atoms with Gasteiger partial charge in [0, 0.05) is 36.9 Å². The molecule has 0 aromatic heterocycles. The summed E-state index contributed by atoms with van der Waals surface area (Å²) in [5.74, 6) is 0. The standard InChI is InChI=1S/C12H16Cl2N2O2/c1-18-6-2-5-15-12(17)16-8-9-3-4-10(13)7-11(9)14/h3-4,7H,2,5-6,8H2,1H3,(H2,15,16,17). The van der Waals surface area contributed by atoms with Crippen LogP contribution in [0.1, 0.15) is 12.0 Å². The van der Waals surface area contributed by atoms with E-state index in [1.165, 1.54) is 0 Å². The first-order chi connectivity index (χ1) is 8.63. The molecule has 0 radical (unpaired) electrons. The fourth-order valence-electron chi connectivity index (χ4n) is 1.32. The van der Waals surface area contributed by atoms with Crippen molar-refractivity contribution in [2.45, 2.75) is 13.0 Å². The second-order valence-electron chi connectivity index (χ2n) is 3.69. The Bertz CT molecular complexity index is 400. The molecule has 6 heteroatoms. The minimum absolute atomic E-state index is 0.225. The summed E-state index contributed by atoms with van der Waals surface area (Å²) in [6.07, 6.45) is 0.783. The van der Waals surface area contributed by atoms with Crippen LogP contribution in [-0.2, 0) is 11.3 Å². The molecule has 1 aromatic rings. The lowest BCUT2D eigenvalue weighted by molar-refractivity contribution is 0.193. The van der Waals surface area contributed by atoms with Crippen LogP contribution in [0.2, 0.25) is 10.0 Å². The zero-order valence-electron chi connectivity index (χ0n) is 10.1. The van der Waals surface area contributed by atoms with Crippen molar-refractivity contribution < 1.29 is 9.53 Å². The molecule has 0 spiro atoms. The number of urea groups is 1. The molecule has 0 saturated heterocycles. The summed E-state index contributed by atoms with van der Waals surface area (Å²) in [5, 5.41) is 6.56. The minimum Gasteiger partial charge on any atom is -0.385 e. The number of rotatable bonds is 6. The van der Waals surface area contributed by atoms with Gasteiger partial charge in [0.2, 0.25) is 0 Å². The minimum atomic E-state index is -0.225. The number of hydrogen-bond donors (Lipinski definition) is 2. The molecule has 1 rings (SSSR count). The quantitative estimate of drug-likeness (QED) is 0.792. The Morgan fingerprint density at radius 1 is 1.33 bits per heavy atom. The lowest BCUT2D eigenvalue weighted by Gasteiger charge is -2.08. The van der Waals surface area contributed by atoms with Crippen LogP contribution in [0.4, 0.5) is 4.79 Å². The van der Waals surface area contributed by atoms with E-state index >= 15 is 0 Å². The Balaban J connectivity index is 2.29. The molecule has 0 unspecified atom stereocenters. The van der Waals surface area contributed by atoms with Crippen molar-refractivity contribution in [3.05, 3.63) is 33.8 Å². The average Bonchev–Trinajstić information content (AvgIpc) is 2.33. The van der Waals surface area contributed by atoms with Gasteiger partial charge >= 0.3 is 6.03 Å². The van der Waals surface area contributed by atoms with E-state index < -0.39 is 0 Å². The van der Waals surface area contributed by atoms with Gasteiger partial charge in [-0.25, -0.2) is 4.79 Å². The average molecular weight is 291 g/mol. The molecule has 0 heterocycles. The summed E-state index contributed by atoms with van der Waals surface area (Å²) >= 11 is 11.8. The lowest BCUT2D eigenvalue weighted by Crippen LogP contribution is -2.35. The van der Waals surface area contributed by atoms with Crippen molar-refractivity contribution in [1.29, 1.82) is 0 Å². The molecule has 0 aliphatic carbocycles. The third kappa shape index (κ3) is 5.58. The number of nitrogens with one attached hydrogen (secondary N) is 2. The molecule has 2 amide bonds. The van der Waals surface area contributed by atoms with Crippen LogP contribution >= 0.6 is 23.2 Å². The van der Waals surface area contributed by atoms with Gasteiger partial charge in [0.05, 0.1) is 0 Å². The molecule has 100 valence electrons. The van der Waals surface area contributed by atoms with Crippen molar-refractivity contribution in [3.63, 3.8) is 0 Å². The van der Waals surface area contributed by atoms with Gasteiger partial charge in [0.15, 0.2) is 0 Å². The number of hydrogen-bond acceptors (Lipinski definition) is 2. The largest absolute Gasteiger partial charge is 0.385 e. The third-order valence-electron chi connectivity index (χ3n) is 2.27. The number of carbonyl (C=O) groups excluding carboxylic acids is 1. The highest BCUT2D eigenvalue weighted by Crippen LogP contribution is 2.20. The van der Waals surface area contributed by atoms with Crippen molar-refractivity contribution in [2.75, 3.05) is 20.3 Å². The van der Waals surface area contributed by atoms with Crippen molar-refractivity contribution in [3.8, 4) is 0 Å². The number of benzene rings is 1. The molecule has 4 nitrogen and oxygen atoms in total. The Kier molecular flexibility index (Phi) is 6.86. The summed E-state index contributed by atoms with van der Waals surface area (Å²) in [5.41, 5.74) is 0.827. The van der Waals surface area contributed by atoms with E-state index in [4.69, 9.17) is 27.9 Å². The van der Waals surface area contributed by atoms with Crippen LogP contribution in [0.25, 0.3) is 0 Å². The van der Waals surface area contributed by atoms with E-state index in [1.54, 1.807) is 25.3 Å². The van der Waals surface area contributed by atoms with Gasteiger partial charge < -0.3 is 15.4 Å². The first-order valence-corrected chi connectivity index (χ1v) is 6.33. The van der Waals surface area contributed by atoms with Crippen molar-refractivity contribution >= 4 is 29.2 Å². The Hall–Kier alpha value is -0.970. The van der Waals surface area contributed by atoms with Gasteiger partial charge in [0.25, 0.3) is 0 Å². The van der Waals surface area contributed by atoms with E-state index in [9.17, 15) is 4.79 Å². The second kappa shape index (κ2) is 8.19. The maximum Gasteiger partial charge on any atom is 0.315 e. The molecular weight excluding hydrogens is 275 g/mol. The zero-order chi connectivity index (χ0) is 13.4. The van der Waals surface area contributed by atoms with E-state index in [0.717, 1.165) is 12.0 Å². The lowest BCUT2D eigenvalue weighted by atomic mass is 10.2. The van der Waals surface area contributed by atoms with Gasteiger partial charge in [-0.05, 0) is 24.1 Å². The Morgan fingerprint density at radius 3 is 2.78 bits per heavy atom. The molecular formula is C12H16Cl2N2O2. The second-order valence-corrected chi connectivity index (χ2v) is 4.54. The van der Waals surface area contributed by atoms with E-state index in [0.29, 0.717) is 29.7 Å². The molecule has 0 fully saturated rings. The number of halogens is 2.